The highest BCUT2D eigenvalue weighted by molar-refractivity contribution is 5.77. The molecule has 0 N–H and O–H groups in total. The molecule has 1 aliphatic carbocycles. The quantitative estimate of drug-likeness (QED) is 0.818. The fourth-order valence-corrected chi connectivity index (χ4v) is 3.95. The van der Waals surface area contributed by atoms with Crippen LogP contribution in [0.25, 0.3) is 0 Å². The van der Waals surface area contributed by atoms with E-state index in [-0.39, 0.29) is 23.7 Å². The molecule has 1 saturated carbocycles. The van der Waals surface area contributed by atoms with Gasteiger partial charge in [-0.1, -0.05) is 6.07 Å². The molecule has 0 radical (unpaired) electrons. The van der Waals surface area contributed by atoms with Crippen molar-refractivity contribution >= 4 is 5.91 Å². The van der Waals surface area contributed by atoms with Crippen LogP contribution in [-0.2, 0) is 9.53 Å². The molecule has 3 rings (SSSR count). The van der Waals surface area contributed by atoms with Crippen LogP contribution in [0.15, 0.2) is 24.4 Å². The van der Waals surface area contributed by atoms with Gasteiger partial charge in [-0.25, -0.2) is 4.98 Å². The summed E-state index contributed by atoms with van der Waals surface area (Å²) in [5, 5.41) is 0. The van der Waals surface area contributed by atoms with E-state index >= 15 is 0 Å². The van der Waals surface area contributed by atoms with Crippen LogP contribution in [0.4, 0.5) is 0 Å². The molecule has 1 aromatic heterocycles. The monoisotopic (exact) mass is 333 g/mol. The van der Waals surface area contributed by atoms with Crippen molar-refractivity contribution in [3.8, 4) is 5.88 Å². The molecule has 2 heterocycles. The SMILES string of the molecule is CO[C@@]12CCC(Oc3ccccn3)CC1N(CC(=O)N(C)C)CC2. The number of methoxy groups -OCH3 is 1. The third-order valence-electron chi connectivity index (χ3n) is 5.41. The first-order chi connectivity index (χ1) is 11.5. The van der Waals surface area contributed by atoms with E-state index in [4.69, 9.17) is 9.47 Å². The zero-order valence-electron chi connectivity index (χ0n) is 14.8. The van der Waals surface area contributed by atoms with Crippen molar-refractivity contribution < 1.29 is 14.3 Å². The number of fused-ring (bicyclic) bond motifs is 1. The lowest BCUT2D eigenvalue weighted by molar-refractivity contribution is -0.132. The molecule has 1 aromatic rings. The summed E-state index contributed by atoms with van der Waals surface area (Å²) in [6, 6.07) is 5.92. The third kappa shape index (κ3) is 3.39. The van der Waals surface area contributed by atoms with Gasteiger partial charge in [0, 0.05) is 52.5 Å². The van der Waals surface area contributed by atoms with Gasteiger partial charge in [0.15, 0.2) is 0 Å². The molecular weight excluding hydrogens is 306 g/mol. The number of hydrogen-bond acceptors (Lipinski definition) is 5. The molecule has 6 heteroatoms. The van der Waals surface area contributed by atoms with Gasteiger partial charge in [0.1, 0.15) is 6.10 Å². The fraction of sp³-hybridized carbons (Fsp3) is 0.667. The smallest absolute Gasteiger partial charge is 0.236 e. The van der Waals surface area contributed by atoms with Crippen LogP contribution in [0.3, 0.4) is 0 Å². The summed E-state index contributed by atoms with van der Waals surface area (Å²) in [5.41, 5.74) is -0.142. The van der Waals surface area contributed by atoms with Crippen molar-refractivity contribution in [3.05, 3.63) is 24.4 Å². The van der Waals surface area contributed by atoms with E-state index in [2.05, 4.69) is 9.88 Å². The molecular formula is C18H27N3O3. The summed E-state index contributed by atoms with van der Waals surface area (Å²) in [6.45, 7) is 1.34. The molecule has 1 saturated heterocycles. The number of amides is 1. The molecule has 0 aromatic carbocycles. The number of carbonyl (C=O) groups is 1. The van der Waals surface area contributed by atoms with Gasteiger partial charge in [-0.3, -0.25) is 9.69 Å². The highest BCUT2D eigenvalue weighted by Gasteiger charge is 2.51. The minimum Gasteiger partial charge on any atom is -0.474 e. The third-order valence-corrected chi connectivity index (χ3v) is 5.41. The fourth-order valence-electron chi connectivity index (χ4n) is 3.95. The van der Waals surface area contributed by atoms with Crippen LogP contribution < -0.4 is 4.74 Å². The first kappa shape index (κ1) is 17.2. The number of aromatic nitrogens is 1. The second-order valence-corrected chi connectivity index (χ2v) is 6.98. The Bertz CT molecular complexity index is 566. The average Bonchev–Trinajstić information content (AvgIpc) is 2.94. The van der Waals surface area contributed by atoms with E-state index in [1.165, 1.54) is 0 Å². The Morgan fingerprint density at radius 2 is 2.25 bits per heavy atom. The second kappa shape index (κ2) is 7.07. The number of carbonyl (C=O) groups excluding carboxylic acids is 1. The molecule has 2 fully saturated rings. The van der Waals surface area contributed by atoms with E-state index in [0.717, 1.165) is 32.2 Å². The standard InChI is InChI=1S/C18H27N3O3/c1-20(2)17(22)13-21-11-9-18(23-3)8-7-14(12-15(18)21)24-16-6-4-5-10-19-16/h4-6,10,14-15H,7-9,11-13H2,1-3H3/t14?,15?,18-/m1/s1. The number of nitrogens with zero attached hydrogens (tertiary/aromatic N) is 3. The largest absolute Gasteiger partial charge is 0.474 e. The summed E-state index contributed by atoms with van der Waals surface area (Å²) in [4.78, 5) is 20.3. The normalized spacial score (nSPS) is 30.0. The number of pyridine rings is 1. The number of likely N-dealkylation sites (N-methyl/N-ethyl adjacent to an activating group) is 1. The minimum atomic E-state index is -0.142. The number of rotatable bonds is 5. The topological polar surface area (TPSA) is 54.9 Å². The molecule has 1 aliphatic heterocycles. The Morgan fingerprint density at radius 3 is 2.92 bits per heavy atom. The summed E-state index contributed by atoms with van der Waals surface area (Å²) in [7, 11) is 5.40. The summed E-state index contributed by atoms with van der Waals surface area (Å²) in [5.74, 6) is 0.802. The molecule has 2 aliphatic rings. The minimum absolute atomic E-state index is 0.114. The molecule has 1 amide bonds. The van der Waals surface area contributed by atoms with Crippen LogP contribution in [0.1, 0.15) is 25.7 Å². The van der Waals surface area contributed by atoms with Crippen molar-refractivity contribution in [3.63, 3.8) is 0 Å². The predicted molar refractivity (Wildman–Crippen MR) is 90.9 cm³/mol. The van der Waals surface area contributed by atoms with Crippen molar-refractivity contribution in [1.29, 1.82) is 0 Å². The van der Waals surface area contributed by atoms with Gasteiger partial charge in [0.2, 0.25) is 11.8 Å². The maximum absolute atomic E-state index is 12.1. The van der Waals surface area contributed by atoms with Gasteiger partial charge in [0.25, 0.3) is 0 Å². The first-order valence-corrected chi connectivity index (χ1v) is 8.61. The number of likely N-dealkylation sites (tertiary alicyclic amines) is 1. The number of ether oxygens (including phenoxy) is 2. The lowest BCUT2D eigenvalue weighted by Crippen LogP contribution is -2.53. The van der Waals surface area contributed by atoms with Crippen molar-refractivity contribution in [2.24, 2.45) is 0 Å². The Kier molecular flexibility index (Phi) is 5.06. The van der Waals surface area contributed by atoms with Crippen molar-refractivity contribution in [2.45, 2.75) is 43.4 Å². The summed E-state index contributed by atoms with van der Waals surface area (Å²) >= 11 is 0. The van der Waals surface area contributed by atoms with Gasteiger partial charge in [-0.2, -0.15) is 0 Å². The molecule has 6 nitrogen and oxygen atoms in total. The molecule has 0 spiro atoms. The maximum Gasteiger partial charge on any atom is 0.236 e. The highest BCUT2D eigenvalue weighted by atomic mass is 16.5. The van der Waals surface area contributed by atoms with E-state index in [9.17, 15) is 4.79 Å². The summed E-state index contributed by atoms with van der Waals surface area (Å²) < 4.78 is 12.0. The van der Waals surface area contributed by atoms with Crippen LogP contribution in [0, 0.1) is 0 Å². The average molecular weight is 333 g/mol. The van der Waals surface area contributed by atoms with Gasteiger partial charge >= 0.3 is 0 Å². The van der Waals surface area contributed by atoms with Crippen LogP contribution in [0.2, 0.25) is 0 Å². The Labute approximate surface area is 143 Å². The molecule has 0 bridgehead atoms. The van der Waals surface area contributed by atoms with Gasteiger partial charge < -0.3 is 14.4 Å². The maximum atomic E-state index is 12.1. The van der Waals surface area contributed by atoms with Gasteiger partial charge in [-0.05, 0) is 25.3 Å². The Balaban J connectivity index is 1.70. The molecule has 132 valence electrons. The van der Waals surface area contributed by atoms with E-state index < -0.39 is 0 Å². The number of hydrogen-bond donors (Lipinski definition) is 0. The summed E-state index contributed by atoms with van der Waals surface area (Å²) in [6.07, 6.45) is 5.61. The lowest BCUT2D eigenvalue weighted by atomic mass is 9.79. The van der Waals surface area contributed by atoms with E-state index in [1.54, 1.807) is 32.3 Å². The van der Waals surface area contributed by atoms with E-state index in [0.29, 0.717) is 12.4 Å². The zero-order valence-corrected chi connectivity index (χ0v) is 14.8. The van der Waals surface area contributed by atoms with Crippen molar-refractivity contribution in [1.82, 2.24) is 14.8 Å². The van der Waals surface area contributed by atoms with Crippen LogP contribution in [-0.4, -0.2) is 72.7 Å². The second-order valence-electron chi connectivity index (χ2n) is 6.98. The van der Waals surface area contributed by atoms with Gasteiger partial charge in [0.05, 0.1) is 12.1 Å². The van der Waals surface area contributed by atoms with Gasteiger partial charge in [-0.15, -0.1) is 0 Å². The molecule has 3 atom stereocenters. The zero-order chi connectivity index (χ0) is 17.2. The van der Waals surface area contributed by atoms with Crippen LogP contribution in [0.5, 0.6) is 5.88 Å². The predicted octanol–water partition coefficient (Wildman–Crippen LogP) is 1.56. The molecule has 2 unspecified atom stereocenters. The van der Waals surface area contributed by atoms with Crippen molar-refractivity contribution in [2.75, 3.05) is 34.3 Å². The highest BCUT2D eigenvalue weighted by Crippen LogP contribution is 2.43. The Morgan fingerprint density at radius 1 is 1.42 bits per heavy atom. The molecule has 24 heavy (non-hydrogen) atoms. The Hall–Kier alpha value is -1.66. The lowest BCUT2D eigenvalue weighted by Gasteiger charge is -2.43. The first-order valence-electron chi connectivity index (χ1n) is 8.61. The van der Waals surface area contributed by atoms with E-state index in [1.807, 2.05) is 18.2 Å². The van der Waals surface area contributed by atoms with Crippen LogP contribution >= 0.6 is 0 Å².